The number of nitrogens with zero attached hydrogens (tertiary/aromatic N) is 1. The van der Waals surface area contributed by atoms with Gasteiger partial charge in [-0.3, -0.25) is 0 Å². The van der Waals surface area contributed by atoms with Crippen molar-refractivity contribution < 1.29 is 23.8 Å². The molecular formula is C20H16BrNO5. The van der Waals surface area contributed by atoms with Gasteiger partial charge in [0.05, 0.1) is 12.2 Å². The molecule has 0 saturated heterocycles. The predicted molar refractivity (Wildman–Crippen MR) is 103 cm³/mol. The van der Waals surface area contributed by atoms with Crippen LogP contribution in [0.2, 0.25) is 0 Å². The van der Waals surface area contributed by atoms with E-state index in [0.29, 0.717) is 17.9 Å². The topological polar surface area (TPSA) is 74.2 Å². The van der Waals surface area contributed by atoms with Gasteiger partial charge in [-0.2, -0.15) is 0 Å². The zero-order valence-electron chi connectivity index (χ0n) is 14.5. The minimum atomic E-state index is -0.511. The predicted octanol–water partition coefficient (Wildman–Crippen LogP) is 3.74. The van der Waals surface area contributed by atoms with Gasteiger partial charge in [0, 0.05) is 4.47 Å². The second-order valence-electron chi connectivity index (χ2n) is 5.48. The summed E-state index contributed by atoms with van der Waals surface area (Å²) in [6, 6.07) is 14.3. The minimum absolute atomic E-state index is 0.153. The summed E-state index contributed by atoms with van der Waals surface area (Å²) in [6.45, 7) is 1.89. The normalized spacial score (nSPS) is 14.7. The molecule has 1 aliphatic rings. The van der Waals surface area contributed by atoms with Gasteiger partial charge in [-0.15, -0.1) is 0 Å². The molecule has 2 aromatic carbocycles. The van der Waals surface area contributed by atoms with Gasteiger partial charge in [0.15, 0.2) is 12.3 Å². The van der Waals surface area contributed by atoms with Crippen molar-refractivity contribution in [2.24, 2.45) is 4.99 Å². The van der Waals surface area contributed by atoms with Crippen LogP contribution in [-0.4, -0.2) is 31.1 Å². The zero-order chi connectivity index (χ0) is 19.2. The number of ether oxygens (including phenoxy) is 3. The second-order valence-corrected chi connectivity index (χ2v) is 6.33. The quantitative estimate of drug-likeness (QED) is 0.516. The van der Waals surface area contributed by atoms with E-state index < -0.39 is 11.9 Å². The summed E-state index contributed by atoms with van der Waals surface area (Å²) < 4.78 is 16.2. The van der Waals surface area contributed by atoms with E-state index >= 15 is 0 Å². The monoisotopic (exact) mass is 429 g/mol. The lowest BCUT2D eigenvalue weighted by atomic mass is 10.2. The van der Waals surface area contributed by atoms with Crippen LogP contribution in [0.1, 0.15) is 18.1 Å². The van der Waals surface area contributed by atoms with E-state index in [1.54, 1.807) is 37.3 Å². The molecule has 6 nitrogen and oxygen atoms in total. The number of benzene rings is 2. The highest BCUT2D eigenvalue weighted by atomic mass is 79.9. The molecule has 138 valence electrons. The average Bonchev–Trinajstić information content (AvgIpc) is 3.02. The Hall–Kier alpha value is -2.93. The Morgan fingerprint density at radius 1 is 1.19 bits per heavy atom. The van der Waals surface area contributed by atoms with Gasteiger partial charge in [-0.25, -0.2) is 14.6 Å². The molecule has 1 heterocycles. The molecule has 0 radical (unpaired) electrons. The maximum Gasteiger partial charge on any atom is 0.363 e. The largest absolute Gasteiger partial charge is 0.482 e. The van der Waals surface area contributed by atoms with E-state index in [1.807, 2.05) is 24.3 Å². The number of aliphatic imine (C=N–C) groups is 1. The van der Waals surface area contributed by atoms with Crippen LogP contribution in [0.3, 0.4) is 0 Å². The molecule has 0 saturated carbocycles. The molecule has 0 aliphatic carbocycles. The van der Waals surface area contributed by atoms with Crippen molar-refractivity contribution in [2.45, 2.75) is 6.92 Å². The third kappa shape index (κ3) is 4.83. The van der Waals surface area contributed by atoms with Crippen molar-refractivity contribution in [3.8, 4) is 5.75 Å². The molecular weight excluding hydrogens is 414 g/mol. The first-order chi connectivity index (χ1) is 13.1. The Balaban J connectivity index is 1.72. The second kappa shape index (κ2) is 8.64. The molecule has 0 amide bonds. The summed E-state index contributed by atoms with van der Waals surface area (Å²) >= 11 is 3.42. The van der Waals surface area contributed by atoms with Crippen molar-refractivity contribution in [3.05, 3.63) is 69.8 Å². The number of hydrogen-bond acceptors (Lipinski definition) is 6. The maximum atomic E-state index is 12.1. The van der Waals surface area contributed by atoms with Crippen molar-refractivity contribution in [3.63, 3.8) is 0 Å². The van der Waals surface area contributed by atoms with Crippen LogP contribution < -0.4 is 4.74 Å². The van der Waals surface area contributed by atoms with Gasteiger partial charge >= 0.3 is 11.9 Å². The van der Waals surface area contributed by atoms with E-state index in [2.05, 4.69) is 20.9 Å². The summed E-state index contributed by atoms with van der Waals surface area (Å²) in [5, 5.41) is 0. The number of rotatable bonds is 6. The third-order valence-corrected chi connectivity index (χ3v) is 4.26. The summed E-state index contributed by atoms with van der Waals surface area (Å²) in [5.41, 5.74) is 1.67. The fourth-order valence-electron chi connectivity index (χ4n) is 2.32. The molecule has 7 heteroatoms. The van der Waals surface area contributed by atoms with E-state index in [-0.39, 0.29) is 18.2 Å². The van der Waals surface area contributed by atoms with Gasteiger partial charge in [-0.1, -0.05) is 24.3 Å². The van der Waals surface area contributed by atoms with Crippen LogP contribution >= 0.6 is 15.9 Å². The van der Waals surface area contributed by atoms with Crippen LogP contribution in [0, 0.1) is 0 Å². The Bertz CT molecular complexity index is 918. The molecule has 3 rings (SSSR count). The number of carbonyl (C=O) groups excluding carboxylic acids is 2. The lowest BCUT2D eigenvalue weighted by Crippen LogP contribution is -2.14. The molecule has 0 atom stereocenters. The van der Waals surface area contributed by atoms with Gasteiger partial charge in [0.1, 0.15) is 5.75 Å². The van der Waals surface area contributed by atoms with Crippen molar-refractivity contribution in [2.75, 3.05) is 13.2 Å². The Kier molecular flexibility index (Phi) is 6.03. The lowest BCUT2D eigenvalue weighted by Gasteiger charge is -2.05. The first-order valence-electron chi connectivity index (χ1n) is 8.23. The van der Waals surface area contributed by atoms with E-state index in [4.69, 9.17) is 14.2 Å². The molecule has 0 N–H and O–H groups in total. The highest BCUT2D eigenvalue weighted by molar-refractivity contribution is 9.10. The summed E-state index contributed by atoms with van der Waals surface area (Å²) in [5.74, 6) is -0.153. The fourth-order valence-corrected chi connectivity index (χ4v) is 2.78. The molecule has 0 unspecified atom stereocenters. The standard InChI is InChI=1S/C20H16BrNO5/c1-2-25-18(23)12-26-14-9-7-13(8-10-14)11-17-20(24)27-19(22-17)15-5-3-4-6-16(15)21/h3-11H,2,12H2,1H3/b17-11-. The van der Waals surface area contributed by atoms with E-state index in [0.717, 1.165) is 10.0 Å². The molecule has 27 heavy (non-hydrogen) atoms. The molecule has 0 aromatic heterocycles. The number of carbonyl (C=O) groups is 2. The van der Waals surface area contributed by atoms with E-state index in [1.165, 1.54) is 0 Å². The van der Waals surface area contributed by atoms with Crippen LogP contribution in [0.4, 0.5) is 0 Å². The number of esters is 2. The summed E-state index contributed by atoms with van der Waals surface area (Å²) in [7, 11) is 0. The highest BCUT2D eigenvalue weighted by Crippen LogP contribution is 2.24. The number of cyclic esters (lactones) is 1. The summed E-state index contributed by atoms with van der Waals surface area (Å²) in [6.07, 6.45) is 1.63. The first-order valence-corrected chi connectivity index (χ1v) is 9.02. The Labute approximate surface area is 164 Å². The third-order valence-electron chi connectivity index (χ3n) is 3.57. The summed E-state index contributed by atoms with van der Waals surface area (Å²) in [4.78, 5) is 27.7. The smallest absolute Gasteiger partial charge is 0.363 e. The maximum absolute atomic E-state index is 12.1. The van der Waals surface area contributed by atoms with Gasteiger partial charge in [0.2, 0.25) is 5.90 Å². The molecule has 2 aromatic rings. The average molecular weight is 430 g/mol. The minimum Gasteiger partial charge on any atom is -0.482 e. The van der Waals surface area contributed by atoms with Crippen LogP contribution in [0.25, 0.3) is 6.08 Å². The van der Waals surface area contributed by atoms with Gasteiger partial charge < -0.3 is 14.2 Å². The van der Waals surface area contributed by atoms with Crippen molar-refractivity contribution >= 4 is 39.8 Å². The Morgan fingerprint density at radius 2 is 1.93 bits per heavy atom. The van der Waals surface area contributed by atoms with Crippen LogP contribution in [0.15, 0.2) is 63.7 Å². The lowest BCUT2D eigenvalue weighted by molar-refractivity contribution is -0.145. The molecule has 1 aliphatic heterocycles. The molecule has 0 spiro atoms. The van der Waals surface area contributed by atoms with E-state index in [9.17, 15) is 9.59 Å². The zero-order valence-corrected chi connectivity index (χ0v) is 16.1. The van der Waals surface area contributed by atoms with Gasteiger partial charge in [-0.05, 0) is 58.8 Å². The number of halogens is 1. The van der Waals surface area contributed by atoms with Crippen LogP contribution in [-0.2, 0) is 19.1 Å². The highest BCUT2D eigenvalue weighted by Gasteiger charge is 2.25. The first kappa shape index (κ1) is 18.8. The van der Waals surface area contributed by atoms with Gasteiger partial charge in [0.25, 0.3) is 0 Å². The fraction of sp³-hybridized carbons (Fsp3) is 0.150. The molecule has 0 fully saturated rings. The SMILES string of the molecule is CCOC(=O)COc1ccc(/C=C2\N=C(c3ccccc3Br)OC2=O)cc1. The Morgan fingerprint density at radius 3 is 2.63 bits per heavy atom. The van der Waals surface area contributed by atoms with Crippen molar-refractivity contribution in [1.82, 2.24) is 0 Å². The number of hydrogen-bond donors (Lipinski definition) is 0. The van der Waals surface area contributed by atoms with Crippen LogP contribution in [0.5, 0.6) is 5.75 Å². The molecule has 0 bridgehead atoms. The van der Waals surface area contributed by atoms with Crippen molar-refractivity contribution in [1.29, 1.82) is 0 Å².